The minimum Gasteiger partial charge on any atom is -0.481 e. The zero-order chi connectivity index (χ0) is 15.1. The van der Waals surface area contributed by atoms with E-state index in [4.69, 9.17) is 0 Å². The summed E-state index contributed by atoms with van der Waals surface area (Å²) in [4.78, 5) is 23.6. The van der Waals surface area contributed by atoms with E-state index in [0.29, 0.717) is 19.4 Å². The van der Waals surface area contributed by atoms with Crippen molar-refractivity contribution in [1.29, 1.82) is 0 Å². The Labute approximate surface area is 127 Å². The van der Waals surface area contributed by atoms with Crippen LogP contribution in [0.15, 0.2) is 11.6 Å². The van der Waals surface area contributed by atoms with E-state index in [-0.39, 0.29) is 12.3 Å². The van der Waals surface area contributed by atoms with Gasteiger partial charge in [0, 0.05) is 13.0 Å². The highest BCUT2D eigenvalue weighted by molar-refractivity contribution is 5.85. The molecule has 1 saturated carbocycles. The molecule has 0 saturated heterocycles. The lowest BCUT2D eigenvalue weighted by molar-refractivity contribution is -0.154. The second kappa shape index (κ2) is 7.62. The Kier molecular flexibility index (Phi) is 5.83. The van der Waals surface area contributed by atoms with Crippen molar-refractivity contribution in [3.05, 3.63) is 11.6 Å². The smallest absolute Gasteiger partial charge is 0.310 e. The summed E-state index contributed by atoms with van der Waals surface area (Å²) >= 11 is 0. The number of nitrogens with one attached hydrogen (secondary N) is 1. The number of carboxylic acids is 1. The van der Waals surface area contributed by atoms with Crippen LogP contribution < -0.4 is 5.32 Å². The molecule has 0 atom stereocenters. The fourth-order valence-electron chi connectivity index (χ4n) is 3.56. The molecule has 2 aliphatic rings. The van der Waals surface area contributed by atoms with Gasteiger partial charge >= 0.3 is 5.97 Å². The molecule has 0 bridgehead atoms. The van der Waals surface area contributed by atoms with Crippen molar-refractivity contribution in [2.45, 2.75) is 70.6 Å². The van der Waals surface area contributed by atoms with Crippen molar-refractivity contribution in [1.82, 2.24) is 5.32 Å². The topological polar surface area (TPSA) is 66.4 Å². The fourth-order valence-corrected chi connectivity index (χ4v) is 3.56. The second-order valence-corrected chi connectivity index (χ2v) is 6.53. The Morgan fingerprint density at radius 2 is 1.90 bits per heavy atom. The Hall–Kier alpha value is -1.32. The van der Waals surface area contributed by atoms with E-state index < -0.39 is 11.4 Å². The molecule has 4 nitrogen and oxygen atoms in total. The number of allylic oxidation sites excluding steroid dienone is 1. The summed E-state index contributed by atoms with van der Waals surface area (Å²) in [6.45, 7) is 0.639. The van der Waals surface area contributed by atoms with E-state index >= 15 is 0 Å². The van der Waals surface area contributed by atoms with Crippen molar-refractivity contribution >= 4 is 11.9 Å². The molecule has 0 aromatic rings. The first-order valence-corrected chi connectivity index (χ1v) is 8.30. The van der Waals surface area contributed by atoms with Crippen LogP contribution in [0.5, 0.6) is 0 Å². The molecule has 1 amide bonds. The summed E-state index contributed by atoms with van der Waals surface area (Å²) in [6.07, 6.45) is 12.4. The van der Waals surface area contributed by atoms with E-state index in [1.165, 1.54) is 18.4 Å². The zero-order valence-electron chi connectivity index (χ0n) is 12.8. The van der Waals surface area contributed by atoms with Crippen molar-refractivity contribution in [3.8, 4) is 0 Å². The minimum absolute atomic E-state index is 0.101. The van der Waals surface area contributed by atoms with Crippen LogP contribution >= 0.6 is 0 Å². The van der Waals surface area contributed by atoms with Crippen LogP contribution in [0.25, 0.3) is 0 Å². The van der Waals surface area contributed by atoms with Gasteiger partial charge in [0.05, 0.1) is 5.41 Å². The molecule has 4 heteroatoms. The van der Waals surface area contributed by atoms with Gasteiger partial charge in [-0.1, -0.05) is 30.9 Å². The van der Waals surface area contributed by atoms with Crippen molar-refractivity contribution in [2.75, 3.05) is 6.54 Å². The molecule has 21 heavy (non-hydrogen) atoms. The molecule has 0 aromatic carbocycles. The van der Waals surface area contributed by atoms with Crippen LogP contribution in [0.1, 0.15) is 70.6 Å². The molecular formula is C17H27NO3. The van der Waals surface area contributed by atoms with E-state index in [1.54, 1.807) is 0 Å². The van der Waals surface area contributed by atoms with Gasteiger partial charge in [-0.25, -0.2) is 0 Å². The van der Waals surface area contributed by atoms with Gasteiger partial charge in [0.15, 0.2) is 0 Å². The molecule has 0 radical (unpaired) electrons. The highest BCUT2D eigenvalue weighted by Gasteiger charge is 2.41. The number of hydrogen-bond acceptors (Lipinski definition) is 2. The third-order valence-corrected chi connectivity index (χ3v) is 4.92. The van der Waals surface area contributed by atoms with E-state index in [1.807, 2.05) is 0 Å². The van der Waals surface area contributed by atoms with Gasteiger partial charge in [0.1, 0.15) is 0 Å². The highest BCUT2D eigenvalue weighted by Crippen LogP contribution is 2.39. The Balaban J connectivity index is 1.77. The van der Waals surface area contributed by atoms with Gasteiger partial charge in [-0.3, -0.25) is 9.59 Å². The molecule has 2 rings (SSSR count). The quantitative estimate of drug-likeness (QED) is 0.737. The van der Waals surface area contributed by atoms with Gasteiger partial charge in [-0.15, -0.1) is 0 Å². The average molecular weight is 293 g/mol. The monoisotopic (exact) mass is 293 g/mol. The van der Waals surface area contributed by atoms with Gasteiger partial charge in [0.2, 0.25) is 5.91 Å². The first-order chi connectivity index (χ1) is 10.1. The summed E-state index contributed by atoms with van der Waals surface area (Å²) in [7, 11) is 0. The lowest BCUT2D eigenvalue weighted by Gasteiger charge is -2.32. The zero-order valence-corrected chi connectivity index (χ0v) is 12.8. The highest BCUT2D eigenvalue weighted by atomic mass is 16.4. The normalized spacial score (nSPS) is 21.4. The maximum Gasteiger partial charge on any atom is 0.310 e. The average Bonchev–Trinajstić information content (AvgIpc) is 2.49. The van der Waals surface area contributed by atoms with E-state index in [2.05, 4.69) is 11.4 Å². The first kappa shape index (κ1) is 16.1. The Morgan fingerprint density at radius 1 is 1.14 bits per heavy atom. The van der Waals surface area contributed by atoms with Crippen LogP contribution in [0.3, 0.4) is 0 Å². The predicted molar refractivity (Wildman–Crippen MR) is 81.9 cm³/mol. The van der Waals surface area contributed by atoms with Crippen LogP contribution in [0.2, 0.25) is 0 Å². The third-order valence-electron chi connectivity index (χ3n) is 4.92. The van der Waals surface area contributed by atoms with Gasteiger partial charge in [0.25, 0.3) is 0 Å². The molecule has 1 fully saturated rings. The number of amides is 1. The third kappa shape index (κ3) is 4.58. The molecule has 0 aliphatic heterocycles. The number of carboxylic acid groups (broad SMARTS) is 1. The maximum atomic E-state index is 12.1. The van der Waals surface area contributed by atoms with Crippen molar-refractivity contribution in [3.63, 3.8) is 0 Å². The van der Waals surface area contributed by atoms with Crippen LogP contribution in [-0.2, 0) is 9.59 Å². The number of hydrogen-bond donors (Lipinski definition) is 2. The lowest BCUT2D eigenvalue weighted by atomic mass is 9.71. The summed E-state index contributed by atoms with van der Waals surface area (Å²) < 4.78 is 0. The maximum absolute atomic E-state index is 12.1. The molecule has 0 heterocycles. The van der Waals surface area contributed by atoms with E-state index in [0.717, 1.165) is 38.5 Å². The summed E-state index contributed by atoms with van der Waals surface area (Å²) in [5, 5.41) is 12.4. The SMILES string of the molecule is O=C(CC1(C(=O)O)CCCCC1)NCCC1=CCCCC1. The molecular weight excluding hydrogens is 266 g/mol. The molecule has 2 N–H and O–H groups in total. The lowest BCUT2D eigenvalue weighted by Crippen LogP contribution is -2.39. The van der Waals surface area contributed by atoms with Gasteiger partial charge in [-0.2, -0.15) is 0 Å². The molecule has 0 spiro atoms. The van der Waals surface area contributed by atoms with Gasteiger partial charge < -0.3 is 10.4 Å². The number of rotatable bonds is 6. The molecule has 0 aromatic heterocycles. The Morgan fingerprint density at radius 3 is 2.52 bits per heavy atom. The Bertz CT molecular complexity index is 408. The molecule has 2 aliphatic carbocycles. The number of aliphatic carboxylic acids is 1. The summed E-state index contributed by atoms with van der Waals surface area (Å²) in [5.74, 6) is -0.900. The summed E-state index contributed by atoms with van der Waals surface area (Å²) in [5.41, 5.74) is 0.624. The fraction of sp³-hybridized carbons (Fsp3) is 0.765. The standard InChI is InChI=1S/C17H27NO3/c19-15(18-12-9-14-7-3-1-4-8-14)13-17(16(20)21)10-5-2-6-11-17/h7H,1-6,8-13H2,(H,18,19)(H,20,21). The van der Waals surface area contributed by atoms with Crippen molar-refractivity contribution in [2.24, 2.45) is 5.41 Å². The molecule has 118 valence electrons. The van der Waals surface area contributed by atoms with Crippen LogP contribution in [0, 0.1) is 5.41 Å². The first-order valence-electron chi connectivity index (χ1n) is 8.30. The largest absolute Gasteiger partial charge is 0.481 e. The van der Waals surface area contributed by atoms with Gasteiger partial charge in [-0.05, 0) is 44.9 Å². The molecule has 0 unspecified atom stereocenters. The van der Waals surface area contributed by atoms with Crippen molar-refractivity contribution < 1.29 is 14.7 Å². The van der Waals surface area contributed by atoms with Crippen LogP contribution in [0.4, 0.5) is 0 Å². The second-order valence-electron chi connectivity index (χ2n) is 6.53. The minimum atomic E-state index is -0.813. The van der Waals surface area contributed by atoms with Crippen LogP contribution in [-0.4, -0.2) is 23.5 Å². The summed E-state index contributed by atoms with van der Waals surface area (Å²) in [6, 6.07) is 0. The number of carbonyl (C=O) groups excluding carboxylic acids is 1. The number of carbonyl (C=O) groups is 2. The predicted octanol–water partition coefficient (Wildman–Crippen LogP) is 3.42. The van der Waals surface area contributed by atoms with E-state index in [9.17, 15) is 14.7 Å².